The Labute approximate surface area is 118 Å². The molecule has 1 saturated heterocycles. The molecule has 0 spiro atoms. The third kappa shape index (κ3) is 2.70. The maximum Gasteiger partial charge on any atom is 0.0473 e. The van der Waals surface area contributed by atoms with Gasteiger partial charge in [-0.15, -0.1) is 0 Å². The Morgan fingerprint density at radius 3 is 2.47 bits per heavy atom. The fraction of sp³-hybridized carbons (Fsp3) is 1.00. The zero-order valence-electron chi connectivity index (χ0n) is 12.6. The number of likely N-dealkylation sites (N-methyl/N-ethyl adjacent to an activating group) is 1. The maximum atomic E-state index is 6.27. The van der Waals surface area contributed by atoms with Crippen LogP contribution in [0.4, 0.5) is 0 Å². The Bertz CT molecular complexity index is 296. The fourth-order valence-corrected chi connectivity index (χ4v) is 4.53. The van der Waals surface area contributed by atoms with Gasteiger partial charge < -0.3 is 5.73 Å². The van der Waals surface area contributed by atoms with E-state index in [2.05, 4.69) is 16.7 Å². The zero-order chi connectivity index (χ0) is 13.3. The molecule has 0 bridgehead atoms. The largest absolute Gasteiger partial charge is 0.329 e. The molecule has 3 fully saturated rings. The highest BCUT2D eigenvalue weighted by molar-refractivity contribution is 5.05. The Hall–Kier alpha value is -0.120. The van der Waals surface area contributed by atoms with Gasteiger partial charge in [-0.2, -0.15) is 0 Å². The van der Waals surface area contributed by atoms with Crippen LogP contribution >= 0.6 is 0 Å². The van der Waals surface area contributed by atoms with Crippen molar-refractivity contribution in [2.24, 2.45) is 5.73 Å². The van der Waals surface area contributed by atoms with E-state index in [-0.39, 0.29) is 0 Å². The van der Waals surface area contributed by atoms with Crippen LogP contribution in [-0.2, 0) is 0 Å². The first-order valence-corrected chi connectivity index (χ1v) is 8.50. The summed E-state index contributed by atoms with van der Waals surface area (Å²) in [5, 5.41) is 0. The van der Waals surface area contributed by atoms with Crippen LogP contribution in [-0.4, -0.2) is 53.6 Å². The molecule has 0 radical (unpaired) electrons. The molecular formula is C16H31N3. The Morgan fingerprint density at radius 1 is 1.16 bits per heavy atom. The van der Waals surface area contributed by atoms with Gasteiger partial charge in [-0.1, -0.05) is 26.2 Å². The van der Waals surface area contributed by atoms with Gasteiger partial charge in [0.2, 0.25) is 0 Å². The van der Waals surface area contributed by atoms with E-state index in [1.54, 1.807) is 0 Å². The van der Waals surface area contributed by atoms with E-state index < -0.39 is 0 Å². The predicted molar refractivity (Wildman–Crippen MR) is 80.3 cm³/mol. The number of hydrogen-bond acceptors (Lipinski definition) is 3. The molecule has 19 heavy (non-hydrogen) atoms. The van der Waals surface area contributed by atoms with Crippen LogP contribution in [0.1, 0.15) is 58.3 Å². The summed E-state index contributed by atoms with van der Waals surface area (Å²) in [5.74, 6) is 0. The first-order valence-electron chi connectivity index (χ1n) is 8.50. The number of rotatable bonds is 5. The van der Waals surface area contributed by atoms with Gasteiger partial charge in [0.25, 0.3) is 0 Å². The second-order valence-corrected chi connectivity index (χ2v) is 6.96. The smallest absolute Gasteiger partial charge is 0.0473 e. The molecule has 1 unspecified atom stereocenters. The van der Waals surface area contributed by atoms with Gasteiger partial charge in [0.1, 0.15) is 0 Å². The summed E-state index contributed by atoms with van der Waals surface area (Å²) in [6, 6.07) is 1.71. The minimum Gasteiger partial charge on any atom is -0.329 e. The minimum atomic E-state index is 0.291. The fourth-order valence-electron chi connectivity index (χ4n) is 4.53. The standard InChI is InChI=1S/C16H31N3/c1-2-19(15-6-4-3-5-7-15)16(12-17)10-11-18(13-16)14-8-9-14/h14-15H,2-13,17H2,1H3. The summed E-state index contributed by atoms with van der Waals surface area (Å²) in [7, 11) is 0. The number of nitrogens with two attached hydrogens (primary N) is 1. The third-order valence-corrected chi connectivity index (χ3v) is 5.77. The van der Waals surface area contributed by atoms with Gasteiger partial charge in [0.05, 0.1) is 0 Å². The lowest BCUT2D eigenvalue weighted by molar-refractivity contribution is 0.0398. The summed E-state index contributed by atoms with van der Waals surface area (Å²) in [5.41, 5.74) is 6.56. The molecule has 110 valence electrons. The minimum absolute atomic E-state index is 0.291. The van der Waals surface area contributed by atoms with Crippen molar-refractivity contribution in [3.8, 4) is 0 Å². The van der Waals surface area contributed by atoms with E-state index in [1.807, 2.05) is 0 Å². The molecule has 0 amide bonds. The number of nitrogens with zero attached hydrogens (tertiary/aromatic N) is 2. The Balaban J connectivity index is 1.71. The van der Waals surface area contributed by atoms with Crippen LogP contribution in [0.5, 0.6) is 0 Å². The van der Waals surface area contributed by atoms with E-state index in [0.717, 1.165) is 18.6 Å². The average molecular weight is 265 g/mol. The lowest BCUT2D eigenvalue weighted by atomic mass is 9.87. The van der Waals surface area contributed by atoms with Gasteiger partial charge in [-0.3, -0.25) is 9.80 Å². The van der Waals surface area contributed by atoms with Crippen molar-refractivity contribution in [3.63, 3.8) is 0 Å². The van der Waals surface area contributed by atoms with Gasteiger partial charge in [0, 0.05) is 37.3 Å². The van der Waals surface area contributed by atoms with Crippen LogP contribution in [0, 0.1) is 0 Å². The molecule has 1 atom stereocenters. The van der Waals surface area contributed by atoms with Crippen molar-refractivity contribution in [2.75, 3.05) is 26.2 Å². The van der Waals surface area contributed by atoms with Crippen LogP contribution < -0.4 is 5.73 Å². The molecule has 1 heterocycles. The molecule has 3 rings (SSSR count). The molecule has 2 saturated carbocycles. The second kappa shape index (κ2) is 5.71. The SMILES string of the molecule is CCN(C1CCCCC1)C1(CN)CCN(C2CC2)C1. The normalized spacial score (nSPS) is 34.3. The molecule has 0 aromatic rings. The second-order valence-electron chi connectivity index (χ2n) is 6.96. The van der Waals surface area contributed by atoms with Crippen LogP contribution in [0.25, 0.3) is 0 Å². The van der Waals surface area contributed by atoms with E-state index >= 15 is 0 Å². The van der Waals surface area contributed by atoms with Crippen molar-refractivity contribution < 1.29 is 0 Å². The molecule has 3 nitrogen and oxygen atoms in total. The van der Waals surface area contributed by atoms with Gasteiger partial charge in [0.15, 0.2) is 0 Å². The third-order valence-electron chi connectivity index (χ3n) is 5.77. The summed E-state index contributed by atoms with van der Waals surface area (Å²) in [6.45, 7) is 6.89. The van der Waals surface area contributed by atoms with Crippen molar-refractivity contribution in [1.82, 2.24) is 9.80 Å². The highest BCUT2D eigenvalue weighted by Gasteiger charge is 2.47. The number of likely N-dealkylation sites (tertiary alicyclic amines) is 1. The zero-order valence-corrected chi connectivity index (χ0v) is 12.6. The Kier molecular flexibility index (Phi) is 4.16. The van der Waals surface area contributed by atoms with Crippen LogP contribution in [0.3, 0.4) is 0 Å². The van der Waals surface area contributed by atoms with Crippen molar-refractivity contribution in [2.45, 2.75) is 75.9 Å². The van der Waals surface area contributed by atoms with E-state index in [0.29, 0.717) is 5.54 Å². The summed E-state index contributed by atoms with van der Waals surface area (Å²) < 4.78 is 0. The summed E-state index contributed by atoms with van der Waals surface area (Å²) >= 11 is 0. The van der Waals surface area contributed by atoms with Gasteiger partial charge >= 0.3 is 0 Å². The topological polar surface area (TPSA) is 32.5 Å². The van der Waals surface area contributed by atoms with Crippen LogP contribution in [0.2, 0.25) is 0 Å². The molecule has 3 heteroatoms. The highest BCUT2D eigenvalue weighted by atomic mass is 15.3. The van der Waals surface area contributed by atoms with E-state index in [4.69, 9.17) is 5.73 Å². The molecule has 3 aliphatic rings. The average Bonchev–Trinajstić information content (AvgIpc) is 3.22. The Morgan fingerprint density at radius 2 is 1.89 bits per heavy atom. The lowest BCUT2D eigenvalue weighted by Gasteiger charge is -2.46. The first-order chi connectivity index (χ1) is 9.29. The van der Waals surface area contributed by atoms with E-state index in [9.17, 15) is 0 Å². The van der Waals surface area contributed by atoms with Gasteiger partial charge in [-0.05, 0) is 38.6 Å². The van der Waals surface area contributed by atoms with Gasteiger partial charge in [-0.25, -0.2) is 0 Å². The van der Waals surface area contributed by atoms with Crippen molar-refractivity contribution in [3.05, 3.63) is 0 Å². The lowest BCUT2D eigenvalue weighted by Crippen LogP contribution is -2.59. The molecule has 0 aromatic carbocycles. The highest BCUT2D eigenvalue weighted by Crippen LogP contribution is 2.38. The van der Waals surface area contributed by atoms with Crippen molar-refractivity contribution >= 4 is 0 Å². The molecule has 2 aliphatic carbocycles. The van der Waals surface area contributed by atoms with E-state index in [1.165, 1.54) is 71.0 Å². The monoisotopic (exact) mass is 265 g/mol. The van der Waals surface area contributed by atoms with Crippen molar-refractivity contribution in [1.29, 1.82) is 0 Å². The van der Waals surface area contributed by atoms with Crippen LogP contribution in [0.15, 0.2) is 0 Å². The molecule has 0 aromatic heterocycles. The summed E-state index contributed by atoms with van der Waals surface area (Å²) in [6.07, 6.45) is 11.2. The molecule has 1 aliphatic heterocycles. The predicted octanol–water partition coefficient (Wildman–Crippen LogP) is 2.21. The molecular weight excluding hydrogens is 234 g/mol. The first kappa shape index (κ1) is 13.8. The summed E-state index contributed by atoms with van der Waals surface area (Å²) in [4.78, 5) is 5.52. The quantitative estimate of drug-likeness (QED) is 0.827. The maximum absolute atomic E-state index is 6.27. The molecule has 2 N–H and O–H groups in total. The number of hydrogen-bond donors (Lipinski definition) is 1.